The van der Waals surface area contributed by atoms with E-state index < -0.39 is 0 Å². The second-order valence-electron chi connectivity index (χ2n) is 4.37. The zero-order chi connectivity index (χ0) is 13.8. The molecule has 0 radical (unpaired) electrons. The Morgan fingerprint density at radius 2 is 2.11 bits per heavy atom. The Hall–Kier alpha value is -0.970. The van der Waals surface area contributed by atoms with Gasteiger partial charge in [0.25, 0.3) is 0 Å². The third kappa shape index (κ3) is 3.32. The summed E-state index contributed by atoms with van der Waals surface area (Å²) in [5.74, 6) is 0. The van der Waals surface area contributed by atoms with E-state index in [0.29, 0.717) is 0 Å². The second kappa shape index (κ2) is 6.46. The number of halogens is 1. The van der Waals surface area contributed by atoms with Crippen molar-refractivity contribution in [3.05, 3.63) is 44.4 Å². The first-order valence-electron chi connectivity index (χ1n) is 6.47. The van der Waals surface area contributed by atoms with E-state index in [-0.39, 0.29) is 6.04 Å². The van der Waals surface area contributed by atoms with Crippen molar-refractivity contribution in [1.29, 1.82) is 0 Å². The topological polar surface area (TPSA) is 37.8 Å². The van der Waals surface area contributed by atoms with Gasteiger partial charge in [-0.05, 0) is 43.7 Å². The molecule has 0 fully saturated rings. The third-order valence-electron chi connectivity index (χ3n) is 2.96. The van der Waals surface area contributed by atoms with E-state index in [1.165, 1.54) is 10.4 Å². The Morgan fingerprint density at radius 3 is 2.68 bits per heavy atom. The Kier molecular flexibility index (Phi) is 4.91. The summed E-state index contributed by atoms with van der Waals surface area (Å²) >= 11 is 7.67. The largest absolute Gasteiger partial charge is 0.306 e. The van der Waals surface area contributed by atoms with Gasteiger partial charge in [-0.15, -0.1) is 11.3 Å². The van der Waals surface area contributed by atoms with Crippen LogP contribution in [0.5, 0.6) is 0 Å². The summed E-state index contributed by atoms with van der Waals surface area (Å²) in [5.41, 5.74) is 3.19. The fourth-order valence-electron chi connectivity index (χ4n) is 2.11. The number of thiophene rings is 1. The Labute approximate surface area is 123 Å². The van der Waals surface area contributed by atoms with E-state index in [2.05, 4.69) is 41.5 Å². The average Bonchev–Trinajstić information content (AvgIpc) is 2.82. The molecule has 102 valence electrons. The van der Waals surface area contributed by atoms with Crippen LogP contribution in [0.15, 0.2) is 18.2 Å². The van der Waals surface area contributed by atoms with Crippen molar-refractivity contribution in [2.24, 2.45) is 0 Å². The number of nitrogens with zero attached hydrogens (tertiary/aromatic N) is 2. The highest BCUT2D eigenvalue weighted by Gasteiger charge is 2.19. The van der Waals surface area contributed by atoms with Gasteiger partial charge in [0, 0.05) is 4.88 Å². The van der Waals surface area contributed by atoms with Gasteiger partial charge >= 0.3 is 0 Å². The zero-order valence-electron chi connectivity index (χ0n) is 11.4. The Bertz CT molecular complexity index is 553. The van der Waals surface area contributed by atoms with Crippen LogP contribution < -0.4 is 5.32 Å². The van der Waals surface area contributed by atoms with Gasteiger partial charge < -0.3 is 5.32 Å². The molecule has 0 aromatic carbocycles. The van der Waals surface area contributed by atoms with E-state index in [0.717, 1.165) is 28.7 Å². The van der Waals surface area contributed by atoms with E-state index >= 15 is 0 Å². The van der Waals surface area contributed by atoms with Crippen LogP contribution in [0.1, 0.15) is 41.7 Å². The fraction of sp³-hybridized carbons (Fsp3) is 0.429. The molecule has 0 amide bonds. The van der Waals surface area contributed by atoms with Crippen LogP contribution >= 0.6 is 22.9 Å². The normalized spacial score (nSPS) is 12.6. The molecule has 3 nitrogen and oxygen atoms in total. The number of aromatic nitrogens is 2. The summed E-state index contributed by atoms with van der Waals surface area (Å²) < 4.78 is 0.815. The first-order chi connectivity index (χ1) is 9.15. The van der Waals surface area contributed by atoms with Crippen molar-refractivity contribution in [2.45, 2.75) is 33.2 Å². The molecule has 2 rings (SSSR count). The predicted molar refractivity (Wildman–Crippen MR) is 81.0 cm³/mol. The molecule has 19 heavy (non-hydrogen) atoms. The van der Waals surface area contributed by atoms with Crippen molar-refractivity contribution < 1.29 is 0 Å². The van der Waals surface area contributed by atoms with Gasteiger partial charge in [-0.2, -0.15) is 10.2 Å². The fourth-order valence-corrected chi connectivity index (χ4v) is 3.27. The molecular weight excluding hydrogens is 278 g/mol. The molecule has 2 heterocycles. The lowest BCUT2D eigenvalue weighted by atomic mass is 10.0. The maximum absolute atomic E-state index is 6.06. The van der Waals surface area contributed by atoms with Gasteiger partial charge in [0.2, 0.25) is 0 Å². The summed E-state index contributed by atoms with van der Waals surface area (Å²) in [7, 11) is 0. The molecule has 0 spiro atoms. The number of nitrogens with one attached hydrogen (secondary N) is 1. The molecule has 0 aliphatic carbocycles. The molecule has 1 N–H and O–H groups in total. The van der Waals surface area contributed by atoms with Gasteiger partial charge in [-0.3, -0.25) is 0 Å². The maximum atomic E-state index is 6.06. The molecule has 1 unspecified atom stereocenters. The van der Waals surface area contributed by atoms with Gasteiger partial charge in [0.15, 0.2) is 0 Å². The van der Waals surface area contributed by atoms with Crippen molar-refractivity contribution in [1.82, 2.24) is 15.5 Å². The average molecular weight is 296 g/mol. The summed E-state index contributed by atoms with van der Waals surface area (Å²) in [4.78, 5) is 1.22. The molecule has 2 aromatic heterocycles. The van der Waals surface area contributed by atoms with E-state index in [1.54, 1.807) is 11.3 Å². The summed E-state index contributed by atoms with van der Waals surface area (Å²) in [6.07, 6.45) is 0.879. The molecule has 0 bridgehead atoms. The zero-order valence-corrected chi connectivity index (χ0v) is 13.0. The van der Waals surface area contributed by atoms with Crippen LogP contribution in [-0.2, 0) is 6.42 Å². The van der Waals surface area contributed by atoms with Crippen LogP contribution in [0.2, 0.25) is 4.34 Å². The van der Waals surface area contributed by atoms with Crippen LogP contribution in [0.3, 0.4) is 0 Å². The first kappa shape index (κ1) is 14.4. The van der Waals surface area contributed by atoms with Gasteiger partial charge in [0.1, 0.15) is 0 Å². The quantitative estimate of drug-likeness (QED) is 0.912. The highest BCUT2D eigenvalue weighted by atomic mass is 35.5. The number of aryl methyl sites for hydroxylation is 2. The maximum Gasteiger partial charge on any atom is 0.0931 e. The van der Waals surface area contributed by atoms with Crippen molar-refractivity contribution >= 4 is 22.9 Å². The molecule has 0 saturated heterocycles. The van der Waals surface area contributed by atoms with Crippen LogP contribution in [-0.4, -0.2) is 16.7 Å². The van der Waals surface area contributed by atoms with Crippen LogP contribution in [0.4, 0.5) is 0 Å². The monoisotopic (exact) mass is 295 g/mol. The molecule has 5 heteroatoms. The van der Waals surface area contributed by atoms with Gasteiger partial charge in [-0.25, -0.2) is 0 Å². The van der Waals surface area contributed by atoms with Crippen molar-refractivity contribution in [2.75, 3.05) is 6.54 Å². The molecular formula is C14H18ClN3S. The Morgan fingerprint density at radius 1 is 1.32 bits per heavy atom. The van der Waals surface area contributed by atoms with Gasteiger partial charge in [0.05, 0.1) is 21.8 Å². The van der Waals surface area contributed by atoms with E-state index in [4.69, 9.17) is 11.6 Å². The number of hydrogen-bond acceptors (Lipinski definition) is 4. The predicted octanol–water partition coefficient (Wildman–Crippen LogP) is 3.76. The molecule has 2 aromatic rings. The minimum absolute atomic E-state index is 0.145. The summed E-state index contributed by atoms with van der Waals surface area (Å²) in [6, 6.07) is 6.29. The minimum atomic E-state index is 0.145. The van der Waals surface area contributed by atoms with Crippen LogP contribution in [0.25, 0.3) is 0 Å². The minimum Gasteiger partial charge on any atom is -0.306 e. The molecule has 0 aliphatic heterocycles. The second-order valence-corrected chi connectivity index (χ2v) is 6.12. The molecule has 1 atom stereocenters. The Balaban J connectivity index is 2.46. The number of hydrogen-bond donors (Lipinski definition) is 1. The SMILES string of the molecule is CCNC(c1ccc(Cl)s1)c1cc(C)nnc1CC. The highest BCUT2D eigenvalue weighted by Crippen LogP contribution is 2.32. The first-order valence-corrected chi connectivity index (χ1v) is 7.66. The standard InChI is InChI=1S/C14H18ClN3S/c1-4-11-10(8-9(3)17-18-11)14(16-5-2)12-6-7-13(15)19-12/h6-8,14,16H,4-5H2,1-3H3. The molecule has 0 saturated carbocycles. The lowest BCUT2D eigenvalue weighted by Gasteiger charge is -2.19. The summed E-state index contributed by atoms with van der Waals surface area (Å²) in [5, 5.41) is 12.0. The van der Waals surface area contributed by atoms with Crippen molar-refractivity contribution in [3.8, 4) is 0 Å². The number of rotatable bonds is 5. The van der Waals surface area contributed by atoms with Crippen molar-refractivity contribution in [3.63, 3.8) is 0 Å². The van der Waals surface area contributed by atoms with E-state index in [9.17, 15) is 0 Å². The smallest absolute Gasteiger partial charge is 0.0931 e. The van der Waals surface area contributed by atoms with Crippen LogP contribution in [0, 0.1) is 6.92 Å². The van der Waals surface area contributed by atoms with Gasteiger partial charge in [-0.1, -0.05) is 25.4 Å². The summed E-state index contributed by atoms with van der Waals surface area (Å²) in [6.45, 7) is 7.08. The highest BCUT2D eigenvalue weighted by molar-refractivity contribution is 7.16. The van der Waals surface area contributed by atoms with E-state index in [1.807, 2.05) is 13.0 Å². The molecule has 0 aliphatic rings. The third-order valence-corrected chi connectivity index (χ3v) is 4.25. The lowest BCUT2D eigenvalue weighted by Crippen LogP contribution is -2.23. The lowest BCUT2D eigenvalue weighted by molar-refractivity contribution is 0.625.